The highest BCUT2D eigenvalue weighted by atomic mass is 35.5. The topological polar surface area (TPSA) is 63.2 Å². The summed E-state index contributed by atoms with van der Waals surface area (Å²) in [6, 6.07) is 15.8. The van der Waals surface area contributed by atoms with Crippen LogP contribution in [0, 0.1) is 0 Å². The van der Waals surface area contributed by atoms with E-state index >= 15 is 0 Å². The number of rotatable bonds is 5. The van der Waals surface area contributed by atoms with Crippen LogP contribution < -0.4 is 15.4 Å². The summed E-state index contributed by atoms with van der Waals surface area (Å²) in [6.45, 7) is 0. The van der Waals surface area contributed by atoms with Crippen LogP contribution in [0.1, 0.15) is 15.9 Å². The molecule has 136 valence electrons. The van der Waals surface area contributed by atoms with E-state index in [9.17, 15) is 4.79 Å². The summed E-state index contributed by atoms with van der Waals surface area (Å²) >= 11 is 11.5. The van der Waals surface area contributed by atoms with E-state index in [1.807, 2.05) is 18.2 Å². The maximum absolute atomic E-state index is 12.9. The van der Waals surface area contributed by atoms with E-state index in [0.717, 1.165) is 5.56 Å². The number of carbonyl (C=O) groups excluding carboxylic acids is 1. The van der Waals surface area contributed by atoms with E-state index in [1.54, 1.807) is 55.9 Å². The van der Waals surface area contributed by atoms with Crippen molar-refractivity contribution in [3.8, 4) is 5.75 Å². The van der Waals surface area contributed by atoms with E-state index in [2.05, 4.69) is 15.6 Å². The minimum atomic E-state index is -0.335. The molecule has 2 N–H and O–H groups in total. The van der Waals surface area contributed by atoms with Gasteiger partial charge in [0.1, 0.15) is 10.7 Å². The van der Waals surface area contributed by atoms with Crippen LogP contribution in [0.25, 0.3) is 0 Å². The summed E-state index contributed by atoms with van der Waals surface area (Å²) in [7, 11) is 1.55. The van der Waals surface area contributed by atoms with Gasteiger partial charge in [0.05, 0.1) is 24.0 Å². The first kappa shape index (κ1) is 18.8. The zero-order valence-corrected chi connectivity index (χ0v) is 16.0. The maximum atomic E-state index is 12.9. The highest BCUT2D eigenvalue weighted by molar-refractivity contribution is 7.81. The van der Waals surface area contributed by atoms with E-state index in [1.165, 1.54) is 0 Å². The number of amides is 1. The number of hydrogen-bond donors (Lipinski definition) is 2. The summed E-state index contributed by atoms with van der Waals surface area (Å²) in [5.74, 6) is 0.228. The maximum Gasteiger partial charge on any atom is 0.257 e. The number of nitrogens with zero attached hydrogens (tertiary/aromatic N) is 1. The lowest BCUT2D eigenvalue weighted by molar-refractivity contribution is 0.102. The molecule has 0 fully saturated rings. The Balaban J connectivity index is 1.87. The van der Waals surface area contributed by atoms with Gasteiger partial charge in [0.2, 0.25) is 0 Å². The standard InChI is InChI=1S/C20H16ClN3O2S/c1-26-18-7-3-2-6-17(18)23-19(25)15-11-14(21)8-9-16(15)24-20(27)13-5-4-10-22-12-13/h2-12H,1H3,(H,23,25)(H,24,27). The van der Waals surface area contributed by atoms with Gasteiger partial charge < -0.3 is 15.4 Å². The number of hydrogen-bond acceptors (Lipinski definition) is 4. The van der Waals surface area contributed by atoms with Crippen molar-refractivity contribution in [2.75, 3.05) is 17.7 Å². The van der Waals surface area contributed by atoms with E-state index < -0.39 is 0 Å². The smallest absolute Gasteiger partial charge is 0.257 e. The van der Waals surface area contributed by atoms with Gasteiger partial charge in [-0.25, -0.2) is 0 Å². The highest BCUT2D eigenvalue weighted by Crippen LogP contribution is 2.26. The molecule has 7 heteroatoms. The Kier molecular flexibility index (Phi) is 6.01. The monoisotopic (exact) mass is 397 g/mol. The third kappa shape index (κ3) is 4.61. The molecule has 0 aliphatic rings. The van der Waals surface area contributed by atoms with Crippen LogP contribution in [0.15, 0.2) is 67.0 Å². The molecule has 0 saturated heterocycles. The fourth-order valence-corrected chi connectivity index (χ4v) is 2.85. The molecular formula is C20H16ClN3O2S. The van der Waals surface area contributed by atoms with Gasteiger partial charge in [0.15, 0.2) is 0 Å². The number of benzene rings is 2. The number of anilines is 2. The number of pyridine rings is 1. The predicted molar refractivity (Wildman–Crippen MR) is 112 cm³/mol. The first-order valence-electron chi connectivity index (χ1n) is 8.04. The van der Waals surface area contributed by atoms with Crippen molar-refractivity contribution < 1.29 is 9.53 Å². The molecule has 0 spiro atoms. The lowest BCUT2D eigenvalue weighted by Gasteiger charge is -2.14. The third-order valence-electron chi connectivity index (χ3n) is 3.75. The minimum Gasteiger partial charge on any atom is -0.495 e. The fourth-order valence-electron chi connectivity index (χ4n) is 2.44. The van der Waals surface area contributed by atoms with Gasteiger partial charge in [-0.3, -0.25) is 9.78 Å². The van der Waals surface area contributed by atoms with Gasteiger partial charge >= 0.3 is 0 Å². The Labute approximate surface area is 167 Å². The van der Waals surface area contributed by atoms with Crippen molar-refractivity contribution in [1.29, 1.82) is 0 Å². The van der Waals surface area contributed by atoms with Crippen LogP contribution >= 0.6 is 23.8 Å². The van der Waals surface area contributed by atoms with Crippen molar-refractivity contribution in [3.05, 3.63) is 83.1 Å². The van der Waals surface area contributed by atoms with E-state index in [0.29, 0.717) is 32.7 Å². The van der Waals surface area contributed by atoms with Crippen LogP contribution in [0.3, 0.4) is 0 Å². The molecule has 3 aromatic rings. The number of ether oxygens (including phenoxy) is 1. The van der Waals surface area contributed by atoms with Crippen LogP contribution in [0.2, 0.25) is 5.02 Å². The van der Waals surface area contributed by atoms with E-state index in [4.69, 9.17) is 28.6 Å². The second-order valence-electron chi connectivity index (χ2n) is 5.54. The third-order valence-corrected chi connectivity index (χ3v) is 4.33. The summed E-state index contributed by atoms with van der Waals surface area (Å²) in [4.78, 5) is 17.4. The quantitative estimate of drug-likeness (QED) is 0.606. The molecule has 0 atom stereocenters. The number of aromatic nitrogens is 1. The van der Waals surface area contributed by atoms with Gasteiger partial charge in [-0.15, -0.1) is 0 Å². The van der Waals surface area contributed by atoms with Gasteiger partial charge in [0, 0.05) is 23.0 Å². The molecule has 2 aromatic carbocycles. The van der Waals surface area contributed by atoms with Crippen LogP contribution in [0.5, 0.6) is 5.75 Å². The number of halogens is 1. The average Bonchev–Trinajstić information content (AvgIpc) is 2.70. The zero-order valence-electron chi connectivity index (χ0n) is 14.4. The minimum absolute atomic E-state index is 0.335. The first-order chi connectivity index (χ1) is 13.1. The summed E-state index contributed by atoms with van der Waals surface area (Å²) in [6.07, 6.45) is 3.32. The van der Waals surface area contributed by atoms with Crippen molar-refractivity contribution in [3.63, 3.8) is 0 Å². The molecule has 0 unspecified atom stereocenters. The Hall–Kier alpha value is -2.96. The number of carbonyl (C=O) groups is 1. The van der Waals surface area contributed by atoms with Gasteiger partial charge in [-0.05, 0) is 42.5 Å². The van der Waals surface area contributed by atoms with Crippen LogP contribution in [0.4, 0.5) is 11.4 Å². The molecule has 0 saturated carbocycles. The van der Waals surface area contributed by atoms with Gasteiger partial charge in [0.25, 0.3) is 5.91 Å². The molecule has 1 heterocycles. The molecule has 5 nitrogen and oxygen atoms in total. The molecule has 0 aliphatic carbocycles. The Bertz CT molecular complexity index is 980. The number of thiocarbonyl (C=S) groups is 1. The lowest BCUT2D eigenvalue weighted by atomic mass is 10.1. The van der Waals surface area contributed by atoms with Gasteiger partial charge in [-0.2, -0.15) is 0 Å². The second-order valence-corrected chi connectivity index (χ2v) is 6.38. The highest BCUT2D eigenvalue weighted by Gasteiger charge is 2.15. The number of para-hydroxylation sites is 2. The number of methoxy groups -OCH3 is 1. The molecule has 0 bridgehead atoms. The first-order valence-corrected chi connectivity index (χ1v) is 8.82. The van der Waals surface area contributed by atoms with Crippen LogP contribution in [-0.4, -0.2) is 23.0 Å². The SMILES string of the molecule is COc1ccccc1NC(=O)c1cc(Cl)ccc1NC(=S)c1cccnc1. The van der Waals surface area contributed by atoms with Crippen molar-refractivity contribution in [1.82, 2.24) is 4.98 Å². The zero-order chi connectivity index (χ0) is 19.2. The number of nitrogens with one attached hydrogen (secondary N) is 2. The second kappa shape index (κ2) is 8.62. The molecule has 0 radical (unpaired) electrons. The van der Waals surface area contributed by atoms with Gasteiger partial charge in [-0.1, -0.05) is 36.0 Å². The molecule has 0 aliphatic heterocycles. The average molecular weight is 398 g/mol. The predicted octanol–water partition coefficient (Wildman–Crippen LogP) is 4.78. The summed E-state index contributed by atoms with van der Waals surface area (Å²) in [5.41, 5.74) is 2.21. The molecule has 1 amide bonds. The van der Waals surface area contributed by atoms with Crippen molar-refractivity contribution in [2.45, 2.75) is 0 Å². The summed E-state index contributed by atoms with van der Waals surface area (Å²) < 4.78 is 5.27. The summed E-state index contributed by atoms with van der Waals surface area (Å²) in [5, 5.41) is 6.37. The van der Waals surface area contributed by atoms with Crippen molar-refractivity contribution >= 4 is 46.1 Å². The van der Waals surface area contributed by atoms with E-state index in [-0.39, 0.29) is 5.91 Å². The molecular weight excluding hydrogens is 382 g/mol. The Morgan fingerprint density at radius 3 is 2.63 bits per heavy atom. The van der Waals surface area contributed by atoms with Crippen molar-refractivity contribution in [2.24, 2.45) is 0 Å². The fraction of sp³-hybridized carbons (Fsp3) is 0.0500. The normalized spacial score (nSPS) is 10.1. The molecule has 3 rings (SSSR count). The largest absolute Gasteiger partial charge is 0.495 e. The van der Waals surface area contributed by atoms with Crippen LogP contribution in [-0.2, 0) is 0 Å². The lowest BCUT2D eigenvalue weighted by Crippen LogP contribution is -2.18. The molecule has 1 aromatic heterocycles. The Morgan fingerprint density at radius 2 is 1.89 bits per heavy atom. The molecule has 27 heavy (non-hydrogen) atoms. The Morgan fingerprint density at radius 1 is 1.07 bits per heavy atom.